The lowest BCUT2D eigenvalue weighted by Gasteiger charge is -2.24. The van der Waals surface area contributed by atoms with Crippen LogP contribution < -0.4 is 10.1 Å². The molecule has 1 atom stereocenters. The molecule has 4 rings (SSSR count). The van der Waals surface area contributed by atoms with Crippen LogP contribution in [-0.4, -0.2) is 30.5 Å². The highest BCUT2D eigenvalue weighted by Gasteiger charge is 2.31. The largest absolute Gasteiger partial charge is 0.497 e. The first-order valence-corrected chi connectivity index (χ1v) is 10.9. The van der Waals surface area contributed by atoms with Crippen LogP contribution in [0.3, 0.4) is 0 Å². The van der Waals surface area contributed by atoms with Crippen molar-refractivity contribution >= 4 is 17.2 Å². The zero-order valence-corrected chi connectivity index (χ0v) is 17.4. The molecule has 1 N–H and O–H groups in total. The lowest BCUT2D eigenvalue weighted by molar-refractivity contribution is -0.123. The normalized spacial score (nSPS) is 14.6. The Morgan fingerprint density at radius 1 is 1.10 bits per heavy atom. The molecule has 150 valence electrons. The molecular weight excluding hydrogens is 380 g/mol. The number of nitrogens with zero attached hydrogens (tertiary/aromatic N) is 1. The molecule has 2 aromatic carbocycles. The highest BCUT2D eigenvalue weighted by molar-refractivity contribution is 7.10. The van der Waals surface area contributed by atoms with Gasteiger partial charge in [-0.25, -0.2) is 0 Å². The molecule has 1 fully saturated rings. The van der Waals surface area contributed by atoms with Crippen molar-refractivity contribution in [3.05, 3.63) is 88.1 Å². The zero-order valence-electron chi connectivity index (χ0n) is 16.6. The van der Waals surface area contributed by atoms with Gasteiger partial charge in [0.15, 0.2) is 0 Å². The van der Waals surface area contributed by atoms with Crippen LogP contribution in [0.25, 0.3) is 0 Å². The van der Waals surface area contributed by atoms with Crippen LogP contribution in [0.5, 0.6) is 5.75 Å². The van der Waals surface area contributed by atoms with Gasteiger partial charge in [-0.05, 0) is 47.5 Å². The predicted molar refractivity (Wildman–Crippen MR) is 117 cm³/mol. The minimum atomic E-state index is -0.106. The maximum Gasteiger partial charge on any atom is 0.234 e. The third-order valence-corrected chi connectivity index (χ3v) is 6.16. The molecule has 1 heterocycles. The quantitative estimate of drug-likeness (QED) is 0.563. The van der Waals surface area contributed by atoms with E-state index in [1.165, 1.54) is 5.56 Å². The molecule has 0 bridgehead atoms. The summed E-state index contributed by atoms with van der Waals surface area (Å²) >= 11 is 1.67. The van der Waals surface area contributed by atoms with E-state index in [1.54, 1.807) is 18.4 Å². The second-order valence-corrected chi connectivity index (χ2v) is 8.39. The average Bonchev–Trinajstić information content (AvgIpc) is 3.47. The van der Waals surface area contributed by atoms with Gasteiger partial charge in [0.1, 0.15) is 5.75 Å². The first kappa shape index (κ1) is 19.7. The van der Waals surface area contributed by atoms with Gasteiger partial charge in [-0.15, -0.1) is 11.3 Å². The van der Waals surface area contributed by atoms with Crippen molar-refractivity contribution in [1.82, 2.24) is 10.2 Å². The van der Waals surface area contributed by atoms with Crippen LogP contribution in [0.4, 0.5) is 0 Å². The second-order valence-electron chi connectivity index (χ2n) is 7.41. The van der Waals surface area contributed by atoms with Crippen LogP contribution in [-0.2, 0) is 11.3 Å². The van der Waals surface area contributed by atoms with Crippen molar-refractivity contribution in [2.45, 2.75) is 31.5 Å². The third-order valence-electron chi connectivity index (χ3n) is 5.22. The topological polar surface area (TPSA) is 41.6 Å². The molecule has 0 saturated heterocycles. The summed E-state index contributed by atoms with van der Waals surface area (Å²) in [6.45, 7) is 1.18. The molecule has 4 nitrogen and oxygen atoms in total. The molecule has 0 aliphatic heterocycles. The van der Waals surface area contributed by atoms with Crippen LogP contribution in [0, 0.1) is 0 Å². The van der Waals surface area contributed by atoms with E-state index in [1.807, 2.05) is 36.4 Å². The summed E-state index contributed by atoms with van der Waals surface area (Å²) in [5, 5.41) is 5.32. The van der Waals surface area contributed by atoms with Gasteiger partial charge in [0, 0.05) is 17.5 Å². The van der Waals surface area contributed by atoms with Crippen molar-refractivity contribution in [3.63, 3.8) is 0 Å². The van der Waals surface area contributed by atoms with Crippen molar-refractivity contribution in [3.8, 4) is 5.75 Å². The SMILES string of the molecule is COc1ccc(CN(CC(=O)N[C@H](c2ccccc2)c2cccs2)C2CC2)cc1. The molecule has 0 radical (unpaired) electrons. The van der Waals surface area contributed by atoms with Gasteiger partial charge < -0.3 is 10.1 Å². The van der Waals surface area contributed by atoms with E-state index in [-0.39, 0.29) is 11.9 Å². The number of benzene rings is 2. The lowest BCUT2D eigenvalue weighted by Crippen LogP contribution is -2.39. The third kappa shape index (κ3) is 5.25. The number of methoxy groups -OCH3 is 1. The average molecular weight is 407 g/mol. The van der Waals surface area contributed by atoms with Gasteiger partial charge in [-0.1, -0.05) is 48.5 Å². The second kappa shape index (κ2) is 9.25. The molecular formula is C24H26N2O2S. The number of hydrogen-bond acceptors (Lipinski definition) is 4. The van der Waals surface area contributed by atoms with Crippen LogP contribution in [0.15, 0.2) is 72.1 Å². The molecule has 3 aromatic rings. The summed E-state index contributed by atoms with van der Waals surface area (Å²) in [6.07, 6.45) is 2.33. The van der Waals surface area contributed by atoms with Crippen LogP contribution >= 0.6 is 11.3 Å². The molecule has 1 saturated carbocycles. The Bertz CT molecular complexity index is 906. The Kier molecular flexibility index (Phi) is 6.27. The predicted octanol–water partition coefficient (Wildman–Crippen LogP) is 4.63. The number of amides is 1. The van der Waals surface area contributed by atoms with E-state index in [2.05, 4.69) is 45.9 Å². The first-order valence-electron chi connectivity index (χ1n) is 9.97. The van der Waals surface area contributed by atoms with Crippen molar-refractivity contribution in [1.29, 1.82) is 0 Å². The molecule has 1 aliphatic carbocycles. The van der Waals surface area contributed by atoms with Gasteiger partial charge in [-0.3, -0.25) is 9.69 Å². The van der Waals surface area contributed by atoms with Gasteiger partial charge >= 0.3 is 0 Å². The Labute approximate surface area is 176 Å². The van der Waals surface area contributed by atoms with Crippen molar-refractivity contribution in [2.24, 2.45) is 0 Å². The highest BCUT2D eigenvalue weighted by Crippen LogP contribution is 2.29. The number of carbonyl (C=O) groups excluding carboxylic acids is 1. The number of hydrogen-bond donors (Lipinski definition) is 1. The van der Waals surface area contributed by atoms with Crippen LogP contribution in [0.2, 0.25) is 0 Å². The summed E-state index contributed by atoms with van der Waals surface area (Å²) < 4.78 is 5.24. The molecule has 1 aliphatic rings. The molecule has 1 amide bonds. The molecule has 0 spiro atoms. The molecule has 29 heavy (non-hydrogen) atoms. The molecule has 5 heteroatoms. The summed E-state index contributed by atoms with van der Waals surface area (Å²) in [6, 6.07) is 22.8. The standard InChI is InChI=1S/C24H26N2O2S/c1-28-21-13-9-18(10-14-21)16-26(20-11-12-20)17-23(27)25-24(22-8-5-15-29-22)19-6-3-2-4-7-19/h2-10,13-15,20,24H,11-12,16-17H2,1H3,(H,25,27)/t24-/m1/s1. The fourth-order valence-corrected chi connectivity index (χ4v) is 4.33. The van der Waals surface area contributed by atoms with Crippen LogP contribution in [0.1, 0.15) is 34.9 Å². The van der Waals surface area contributed by atoms with E-state index in [0.717, 1.165) is 35.6 Å². The molecule has 0 unspecified atom stereocenters. The Morgan fingerprint density at radius 2 is 1.86 bits per heavy atom. The summed E-state index contributed by atoms with van der Waals surface area (Å²) in [7, 11) is 1.67. The van der Waals surface area contributed by atoms with E-state index in [9.17, 15) is 4.79 Å². The minimum absolute atomic E-state index is 0.0627. The fourth-order valence-electron chi connectivity index (χ4n) is 3.53. The zero-order chi connectivity index (χ0) is 20.1. The van der Waals surface area contributed by atoms with Gasteiger partial charge in [0.05, 0.1) is 19.7 Å². The van der Waals surface area contributed by atoms with E-state index < -0.39 is 0 Å². The van der Waals surface area contributed by atoms with Crippen molar-refractivity contribution < 1.29 is 9.53 Å². The van der Waals surface area contributed by atoms with E-state index >= 15 is 0 Å². The smallest absolute Gasteiger partial charge is 0.234 e. The van der Waals surface area contributed by atoms with Gasteiger partial charge in [0.2, 0.25) is 5.91 Å². The summed E-state index contributed by atoms with van der Waals surface area (Å²) in [5.74, 6) is 0.916. The lowest BCUT2D eigenvalue weighted by atomic mass is 10.1. The van der Waals surface area contributed by atoms with Gasteiger partial charge in [-0.2, -0.15) is 0 Å². The van der Waals surface area contributed by atoms with Gasteiger partial charge in [0.25, 0.3) is 0 Å². The monoisotopic (exact) mass is 406 g/mol. The number of thiophene rings is 1. The first-order chi connectivity index (χ1) is 14.2. The Hall–Kier alpha value is -2.63. The van der Waals surface area contributed by atoms with E-state index in [0.29, 0.717) is 12.6 Å². The number of carbonyl (C=O) groups is 1. The summed E-state index contributed by atoms with van der Waals surface area (Å²) in [4.78, 5) is 16.4. The number of rotatable bonds is 9. The number of ether oxygens (including phenoxy) is 1. The maximum absolute atomic E-state index is 13.0. The summed E-state index contributed by atoms with van der Waals surface area (Å²) in [5.41, 5.74) is 2.31. The number of nitrogens with one attached hydrogen (secondary N) is 1. The fraction of sp³-hybridized carbons (Fsp3) is 0.292. The minimum Gasteiger partial charge on any atom is -0.497 e. The highest BCUT2D eigenvalue weighted by atomic mass is 32.1. The molecule has 1 aromatic heterocycles. The maximum atomic E-state index is 13.0. The Balaban J connectivity index is 1.44. The Morgan fingerprint density at radius 3 is 2.48 bits per heavy atom. The van der Waals surface area contributed by atoms with E-state index in [4.69, 9.17) is 4.74 Å². The van der Waals surface area contributed by atoms with Crippen molar-refractivity contribution in [2.75, 3.05) is 13.7 Å².